The maximum Gasteiger partial charge on any atom is 0.277 e. The van der Waals surface area contributed by atoms with E-state index in [2.05, 4.69) is 49.3 Å². The van der Waals surface area contributed by atoms with Crippen molar-refractivity contribution in [1.82, 2.24) is 5.48 Å². The third-order valence-electron chi connectivity index (χ3n) is 3.65. The van der Waals surface area contributed by atoms with Gasteiger partial charge in [0.25, 0.3) is 5.91 Å². The van der Waals surface area contributed by atoms with Crippen molar-refractivity contribution < 1.29 is 19.1 Å². The highest BCUT2D eigenvalue weighted by atomic mass is 127. The maximum atomic E-state index is 14.0. The summed E-state index contributed by atoms with van der Waals surface area (Å²) < 4.78 is 15.3. The van der Waals surface area contributed by atoms with Crippen LogP contribution in [0.25, 0.3) is 0 Å². The van der Waals surface area contributed by atoms with Crippen LogP contribution in [0.4, 0.5) is 15.8 Å². The van der Waals surface area contributed by atoms with Crippen molar-refractivity contribution in [2.24, 2.45) is 0 Å². The number of nitrogens with one attached hydrogen (secondary N) is 2. The van der Waals surface area contributed by atoms with Gasteiger partial charge in [-0.05, 0) is 94.7 Å². The molecule has 0 saturated carbocycles. The fraction of sp³-hybridized carbons (Fsp3) is 0.278. The Hall–Kier alpha value is -1.23. The van der Waals surface area contributed by atoms with Crippen LogP contribution in [0.5, 0.6) is 0 Å². The molecule has 0 aliphatic heterocycles. The summed E-state index contributed by atoms with van der Waals surface area (Å²) in [6.45, 7) is 3.61. The van der Waals surface area contributed by atoms with Crippen LogP contribution < -0.4 is 10.8 Å². The van der Waals surface area contributed by atoms with Gasteiger partial charge >= 0.3 is 0 Å². The number of rotatable bonds is 7. The number of hydrogen-bond donors (Lipinski definition) is 3. The molecule has 0 bridgehead atoms. The Labute approximate surface area is 173 Å². The van der Waals surface area contributed by atoms with E-state index in [0.717, 1.165) is 14.8 Å². The molecule has 0 spiro atoms. The highest BCUT2D eigenvalue weighted by molar-refractivity contribution is 14.1. The molecule has 1 unspecified atom stereocenters. The number of hydrogen-bond acceptors (Lipinski definition) is 4. The summed E-state index contributed by atoms with van der Waals surface area (Å²) in [6.07, 6.45) is 0.0445. The van der Waals surface area contributed by atoms with Crippen LogP contribution in [0.1, 0.15) is 29.3 Å². The molecule has 1 atom stereocenters. The second-order valence-corrected chi connectivity index (χ2v) is 7.87. The second-order valence-electron chi connectivity index (χ2n) is 5.77. The van der Waals surface area contributed by atoms with E-state index in [9.17, 15) is 9.18 Å². The standard InChI is InChI=1S/C18H19BrFIN2O3/c1-10-7-12(21)3-4-16(10)22-17-9-15(20)14(19)8-13(17)18(25)23-26-11(2)5-6-24/h3-4,7-9,11,22,24H,5-6H2,1-2H3,(H,23,25). The lowest BCUT2D eigenvalue weighted by Gasteiger charge is -2.16. The van der Waals surface area contributed by atoms with Gasteiger partial charge in [0.05, 0.1) is 21.8 Å². The summed E-state index contributed by atoms with van der Waals surface area (Å²) >= 11 is 5.32. The quantitative estimate of drug-likeness (QED) is 0.355. The van der Waals surface area contributed by atoms with E-state index in [4.69, 9.17) is 9.94 Å². The van der Waals surface area contributed by atoms with Crippen LogP contribution in [0.2, 0.25) is 0 Å². The van der Waals surface area contributed by atoms with Crippen molar-refractivity contribution in [2.45, 2.75) is 26.4 Å². The predicted molar refractivity (Wildman–Crippen MR) is 111 cm³/mol. The van der Waals surface area contributed by atoms with Gasteiger partial charge in [-0.1, -0.05) is 0 Å². The highest BCUT2D eigenvalue weighted by Crippen LogP contribution is 2.29. The number of hydroxylamine groups is 1. The zero-order chi connectivity index (χ0) is 19.3. The van der Waals surface area contributed by atoms with E-state index in [1.54, 1.807) is 6.92 Å². The van der Waals surface area contributed by atoms with Gasteiger partial charge in [-0.25, -0.2) is 9.87 Å². The summed E-state index contributed by atoms with van der Waals surface area (Å²) in [5, 5.41) is 12.0. The molecule has 3 N–H and O–H groups in total. The van der Waals surface area contributed by atoms with Crippen molar-refractivity contribution in [3.8, 4) is 0 Å². The minimum absolute atomic E-state index is 0.0436. The molecule has 2 aromatic carbocycles. The van der Waals surface area contributed by atoms with Crippen LogP contribution in [-0.2, 0) is 4.84 Å². The van der Waals surface area contributed by atoms with E-state index in [1.165, 1.54) is 12.1 Å². The summed E-state index contributed by atoms with van der Waals surface area (Å²) in [6, 6.07) is 8.43. The third kappa shape index (κ3) is 5.63. The number of carbonyl (C=O) groups excluding carboxylic acids is 1. The van der Waals surface area contributed by atoms with Gasteiger partial charge in [0.2, 0.25) is 0 Å². The van der Waals surface area contributed by atoms with Crippen LogP contribution in [-0.4, -0.2) is 23.7 Å². The number of halogens is 3. The molecule has 0 radical (unpaired) electrons. The third-order valence-corrected chi connectivity index (χ3v) is 4.93. The molecule has 0 aromatic heterocycles. The molecule has 0 aliphatic carbocycles. The molecule has 1 amide bonds. The first-order valence-corrected chi connectivity index (χ1v) is 9.78. The molecular weight excluding hydrogens is 518 g/mol. The van der Waals surface area contributed by atoms with E-state index in [0.29, 0.717) is 12.1 Å². The number of amides is 1. The zero-order valence-corrected chi connectivity index (χ0v) is 18.0. The lowest BCUT2D eigenvalue weighted by atomic mass is 10.1. The largest absolute Gasteiger partial charge is 0.396 e. The molecule has 140 valence electrons. The Morgan fingerprint density at radius 1 is 1.35 bits per heavy atom. The SMILES string of the molecule is Cc1cc(I)ccc1Nc1cc(F)c(Br)cc1C(=O)NOC(C)CCO. The molecule has 0 fully saturated rings. The molecule has 0 heterocycles. The van der Waals surface area contributed by atoms with Gasteiger partial charge in [-0.3, -0.25) is 9.63 Å². The number of aryl methyl sites for hydroxylation is 1. The Bertz CT molecular complexity index is 804. The lowest BCUT2D eigenvalue weighted by molar-refractivity contribution is -0.0167. The van der Waals surface area contributed by atoms with Crippen molar-refractivity contribution >= 4 is 55.8 Å². The Balaban J connectivity index is 2.28. The van der Waals surface area contributed by atoms with Gasteiger partial charge in [0, 0.05) is 15.9 Å². The summed E-state index contributed by atoms with van der Waals surface area (Å²) in [7, 11) is 0. The van der Waals surface area contributed by atoms with E-state index >= 15 is 0 Å². The van der Waals surface area contributed by atoms with Gasteiger partial charge in [-0.15, -0.1) is 0 Å². The van der Waals surface area contributed by atoms with Crippen molar-refractivity contribution in [3.05, 3.63) is 55.3 Å². The van der Waals surface area contributed by atoms with E-state index in [1.807, 2.05) is 25.1 Å². The van der Waals surface area contributed by atoms with Crippen molar-refractivity contribution in [3.63, 3.8) is 0 Å². The molecule has 0 saturated heterocycles. The molecule has 0 aliphatic rings. The average Bonchev–Trinajstić information content (AvgIpc) is 2.58. The summed E-state index contributed by atoms with van der Waals surface area (Å²) in [5.41, 5.74) is 4.65. The van der Waals surface area contributed by atoms with Crippen LogP contribution in [0, 0.1) is 16.3 Å². The zero-order valence-electron chi connectivity index (χ0n) is 14.3. The monoisotopic (exact) mass is 536 g/mol. The minimum atomic E-state index is -0.513. The Morgan fingerprint density at radius 3 is 2.73 bits per heavy atom. The number of anilines is 2. The molecular formula is C18H19BrFIN2O3. The van der Waals surface area contributed by atoms with Gasteiger partial charge < -0.3 is 10.4 Å². The normalized spacial score (nSPS) is 11.9. The van der Waals surface area contributed by atoms with Gasteiger partial charge in [0.15, 0.2) is 0 Å². The Kier molecular flexibility index (Phi) is 7.81. The number of carbonyl (C=O) groups is 1. The van der Waals surface area contributed by atoms with E-state index in [-0.39, 0.29) is 22.7 Å². The number of aliphatic hydroxyl groups is 1. The second kappa shape index (κ2) is 9.63. The minimum Gasteiger partial charge on any atom is -0.396 e. The predicted octanol–water partition coefficient (Wildman–Crippen LogP) is 4.68. The smallest absolute Gasteiger partial charge is 0.277 e. The van der Waals surface area contributed by atoms with Crippen molar-refractivity contribution in [1.29, 1.82) is 0 Å². The first-order valence-electron chi connectivity index (χ1n) is 7.91. The average molecular weight is 537 g/mol. The molecule has 26 heavy (non-hydrogen) atoms. The van der Waals surface area contributed by atoms with Crippen LogP contribution >= 0.6 is 38.5 Å². The van der Waals surface area contributed by atoms with Gasteiger partial charge in [-0.2, -0.15) is 0 Å². The first kappa shape index (κ1) is 21.1. The summed E-state index contributed by atoms with van der Waals surface area (Å²) in [4.78, 5) is 17.7. The Morgan fingerprint density at radius 2 is 2.08 bits per heavy atom. The number of benzene rings is 2. The molecule has 2 aromatic rings. The topological polar surface area (TPSA) is 70.6 Å². The first-order chi connectivity index (χ1) is 12.3. The summed E-state index contributed by atoms with van der Waals surface area (Å²) in [5.74, 6) is -0.997. The fourth-order valence-corrected chi connectivity index (χ4v) is 3.19. The lowest BCUT2D eigenvalue weighted by Crippen LogP contribution is -2.29. The van der Waals surface area contributed by atoms with Crippen LogP contribution in [0.3, 0.4) is 0 Å². The number of aliphatic hydroxyl groups excluding tert-OH is 1. The molecule has 8 heteroatoms. The van der Waals surface area contributed by atoms with Crippen molar-refractivity contribution in [2.75, 3.05) is 11.9 Å². The highest BCUT2D eigenvalue weighted by Gasteiger charge is 2.17. The molecule has 5 nitrogen and oxygen atoms in total. The van der Waals surface area contributed by atoms with E-state index < -0.39 is 11.7 Å². The molecule has 2 rings (SSSR count). The van der Waals surface area contributed by atoms with Gasteiger partial charge in [0.1, 0.15) is 5.82 Å². The van der Waals surface area contributed by atoms with Crippen LogP contribution in [0.15, 0.2) is 34.8 Å². The maximum absolute atomic E-state index is 14.0. The fourth-order valence-electron chi connectivity index (χ4n) is 2.20.